The molecule has 0 spiro atoms. The fourth-order valence-corrected chi connectivity index (χ4v) is 3.51. The number of carbonyl (C=O) groups is 2. The molecule has 0 aliphatic heterocycles. The summed E-state index contributed by atoms with van der Waals surface area (Å²) in [4.78, 5) is 22.6. The Hall–Kier alpha value is -1.06. The number of hydrogen-bond donors (Lipinski definition) is 2. The zero-order valence-electron chi connectivity index (χ0n) is 11.3. The highest BCUT2D eigenvalue weighted by Crippen LogP contribution is 2.41. The normalized spacial score (nSPS) is 27.4. The van der Waals surface area contributed by atoms with Crippen molar-refractivity contribution >= 4 is 11.9 Å². The van der Waals surface area contributed by atoms with Crippen molar-refractivity contribution < 1.29 is 19.8 Å². The molecule has 1 aliphatic rings. The van der Waals surface area contributed by atoms with E-state index in [2.05, 4.69) is 0 Å². The van der Waals surface area contributed by atoms with E-state index in [-0.39, 0.29) is 23.7 Å². The second-order valence-electron chi connectivity index (χ2n) is 5.32. The van der Waals surface area contributed by atoms with Gasteiger partial charge in [-0.25, -0.2) is 0 Å². The molecule has 4 nitrogen and oxygen atoms in total. The van der Waals surface area contributed by atoms with E-state index in [0.717, 1.165) is 25.7 Å². The van der Waals surface area contributed by atoms with Gasteiger partial charge >= 0.3 is 11.9 Å². The number of rotatable bonds is 6. The van der Waals surface area contributed by atoms with Crippen molar-refractivity contribution in [1.29, 1.82) is 0 Å². The molecule has 18 heavy (non-hydrogen) atoms. The summed E-state index contributed by atoms with van der Waals surface area (Å²) < 4.78 is 0. The van der Waals surface area contributed by atoms with Crippen LogP contribution in [0, 0.1) is 23.7 Å². The molecular weight excluding hydrogens is 232 g/mol. The topological polar surface area (TPSA) is 74.6 Å². The third-order valence-corrected chi connectivity index (χ3v) is 4.42. The highest BCUT2D eigenvalue weighted by Gasteiger charge is 2.40. The SMILES string of the molecule is CCC(C(=O)O)C1CCCCC1C(CC)C(=O)O. The molecule has 4 heteroatoms. The van der Waals surface area contributed by atoms with E-state index in [4.69, 9.17) is 0 Å². The molecule has 104 valence electrons. The van der Waals surface area contributed by atoms with Crippen LogP contribution in [0.3, 0.4) is 0 Å². The molecule has 4 atom stereocenters. The molecule has 4 unspecified atom stereocenters. The summed E-state index contributed by atoms with van der Waals surface area (Å²) in [6.45, 7) is 3.76. The molecule has 0 saturated heterocycles. The van der Waals surface area contributed by atoms with E-state index in [9.17, 15) is 19.8 Å². The van der Waals surface area contributed by atoms with Gasteiger partial charge in [0.2, 0.25) is 0 Å². The minimum Gasteiger partial charge on any atom is -0.481 e. The number of hydrogen-bond acceptors (Lipinski definition) is 2. The first kappa shape index (κ1) is 15.0. The van der Waals surface area contributed by atoms with Crippen molar-refractivity contribution in [3.05, 3.63) is 0 Å². The van der Waals surface area contributed by atoms with Crippen LogP contribution in [0.25, 0.3) is 0 Å². The first-order chi connectivity index (χ1) is 8.52. The molecule has 0 aromatic heterocycles. The van der Waals surface area contributed by atoms with Crippen LogP contribution in [-0.4, -0.2) is 22.2 Å². The molecule has 1 rings (SSSR count). The van der Waals surface area contributed by atoms with Crippen LogP contribution in [0.2, 0.25) is 0 Å². The van der Waals surface area contributed by atoms with Crippen molar-refractivity contribution in [2.24, 2.45) is 23.7 Å². The van der Waals surface area contributed by atoms with E-state index in [0.29, 0.717) is 12.8 Å². The summed E-state index contributed by atoms with van der Waals surface area (Å²) in [6, 6.07) is 0. The summed E-state index contributed by atoms with van der Waals surface area (Å²) in [5, 5.41) is 18.6. The van der Waals surface area contributed by atoms with Gasteiger partial charge in [0.05, 0.1) is 11.8 Å². The van der Waals surface area contributed by atoms with Gasteiger partial charge in [0.1, 0.15) is 0 Å². The third kappa shape index (κ3) is 3.24. The van der Waals surface area contributed by atoms with E-state index in [1.807, 2.05) is 13.8 Å². The minimum atomic E-state index is -0.769. The summed E-state index contributed by atoms with van der Waals surface area (Å²) in [6.07, 6.45) is 4.96. The van der Waals surface area contributed by atoms with Gasteiger partial charge in [0.25, 0.3) is 0 Å². The lowest BCUT2D eigenvalue weighted by molar-refractivity contribution is -0.151. The Morgan fingerprint density at radius 3 is 1.50 bits per heavy atom. The third-order valence-electron chi connectivity index (χ3n) is 4.42. The molecular formula is C14H24O4. The maximum absolute atomic E-state index is 11.3. The molecule has 1 fully saturated rings. The highest BCUT2D eigenvalue weighted by molar-refractivity contribution is 5.72. The van der Waals surface area contributed by atoms with Crippen molar-refractivity contribution in [3.63, 3.8) is 0 Å². The standard InChI is InChI=1S/C14H24O4/c1-3-9(13(15)16)11-7-5-6-8-12(11)10(4-2)14(17)18/h9-12H,3-8H2,1-2H3,(H,15,16)(H,17,18). The van der Waals surface area contributed by atoms with Gasteiger partial charge in [-0.05, 0) is 37.5 Å². The average molecular weight is 256 g/mol. The van der Waals surface area contributed by atoms with Crippen LogP contribution in [0.15, 0.2) is 0 Å². The van der Waals surface area contributed by atoms with Crippen LogP contribution >= 0.6 is 0 Å². The average Bonchev–Trinajstić information content (AvgIpc) is 2.32. The zero-order valence-corrected chi connectivity index (χ0v) is 11.3. The Balaban J connectivity index is 2.90. The van der Waals surface area contributed by atoms with E-state index < -0.39 is 11.9 Å². The van der Waals surface area contributed by atoms with Gasteiger partial charge in [0, 0.05) is 0 Å². The number of aliphatic carboxylic acids is 2. The van der Waals surface area contributed by atoms with Crippen molar-refractivity contribution in [2.45, 2.75) is 52.4 Å². The molecule has 0 heterocycles. The maximum atomic E-state index is 11.3. The molecule has 2 N–H and O–H groups in total. The second kappa shape index (κ2) is 6.76. The predicted molar refractivity (Wildman–Crippen MR) is 68.3 cm³/mol. The molecule has 0 radical (unpaired) electrons. The van der Waals surface area contributed by atoms with Gasteiger partial charge < -0.3 is 10.2 Å². The lowest BCUT2D eigenvalue weighted by atomic mass is 9.66. The van der Waals surface area contributed by atoms with Crippen molar-refractivity contribution in [1.82, 2.24) is 0 Å². The Morgan fingerprint density at radius 2 is 1.28 bits per heavy atom. The second-order valence-corrected chi connectivity index (χ2v) is 5.32. The monoisotopic (exact) mass is 256 g/mol. The Kier molecular flexibility index (Phi) is 5.63. The van der Waals surface area contributed by atoms with Gasteiger partial charge in [0.15, 0.2) is 0 Å². The summed E-state index contributed by atoms with van der Waals surface area (Å²) in [5.41, 5.74) is 0. The highest BCUT2D eigenvalue weighted by atomic mass is 16.4. The van der Waals surface area contributed by atoms with Gasteiger partial charge in [-0.3, -0.25) is 9.59 Å². The largest absolute Gasteiger partial charge is 0.481 e. The van der Waals surface area contributed by atoms with Gasteiger partial charge in [-0.2, -0.15) is 0 Å². The fourth-order valence-electron chi connectivity index (χ4n) is 3.51. The van der Waals surface area contributed by atoms with E-state index >= 15 is 0 Å². The molecule has 0 amide bonds. The van der Waals surface area contributed by atoms with Crippen molar-refractivity contribution in [3.8, 4) is 0 Å². The maximum Gasteiger partial charge on any atom is 0.306 e. The Morgan fingerprint density at radius 1 is 0.944 bits per heavy atom. The first-order valence-corrected chi connectivity index (χ1v) is 6.98. The smallest absolute Gasteiger partial charge is 0.306 e. The number of carboxylic acids is 2. The lowest BCUT2D eigenvalue weighted by Crippen LogP contribution is -2.38. The van der Waals surface area contributed by atoms with Crippen LogP contribution in [-0.2, 0) is 9.59 Å². The summed E-state index contributed by atoms with van der Waals surface area (Å²) in [5.74, 6) is -2.25. The van der Waals surface area contributed by atoms with E-state index in [1.54, 1.807) is 0 Å². The molecule has 1 saturated carbocycles. The van der Waals surface area contributed by atoms with Crippen molar-refractivity contribution in [2.75, 3.05) is 0 Å². The van der Waals surface area contributed by atoms with Crippen LogP contribution in [0.1, 0.15) is 52.4 Å². The lowest BCUT2D eigenvalue weighted by Gasteiger charge is -2.38. The van der Waals surface area contributed by atoms with Gasteiger partial charge in [-0.1, -0.05) is 26.7 Å². The van der Waals surface area contributed by atoms with E-state index in [1.165, 1.54) is 0 Å². The minimum absolute atomic E-state index is 0.0299. The Bertz CT molecular complexity index is 270. The molecule has 0 aromatic rings. The van der Waals surface area contributed by atoms with Crippen LogP contribution in [0.4, 0.5) is 0 Å². The molecule has 0 aromatic carbocycles. The first-order valence-electron chi connectivity index (χ1n) is 6.98. The molecule has 1 aliphatic carbocycles. The number of carboxylic acid groups (broad SMARTS) is 2. The Labute approximate surface area is 108 Å². The summed E-state index contributed by atoms with van der Waals surface area (Å²) in [7, 11) is 0. The zero-order chi connectivity index (χ0) is 13.7. The summed E-state index contributed by atoms with van der Waals surface area (Å²) >= 11 is 0. The fraction of sp³-hybridized carbons (Fsp3) is 0.857. The van der Waals surface area contributed by atoms with Gasteiger partial charge in [-0.15, -0.1) is 0 Å². The predicted octanol–water partition coefficient (Wildman–Crippen LogP) is 3.01. The molecule has 0 bridgehead atoms. The van der Waals surface area contributed by atoms with Crippen LogP contribution in [0.5, 0.6) is 0 Å². The quantitative estimate of drug-likeness (QED) is 0.766. The van der Waals surface area contributed by atoms with Crippen LogP contribution < -0.4 is 0 Å².